The monoisotopic (exact) mass is 390 g/mol. The number of rotatable bonds is 5. The van der Waals surface area contributed by atoms with Crippen LogP contribution in [0, 0.1) is 5.82 Å². The van der Waals surface area contributed by atoms with Gasteiger partial charge in [0.2, 0.25) is 5.91 Å². The molecule has 0 saturated carbocycles. The first-order valence-electron chi connectivity index (χ1n) is 9.26. The molecule has 0 spiro atoms. The number of benzene rings is 2. The van der Waals surface area contributed by atoms with Crippen LogP contribution < -0.4 is 10.9 Å². The van der Waals surface area contributed by atoms with Gasteiger partial charge in [-0.1, -0.05) is 36.4 Å². The summed E-state index contributed by atoms with van der Waals surface area (Å²) in [5, 5.41) is 2.66. The zero-order chi connectivity index (χ0) is 20.4. The van der Waals surface area contributed by atoms with Gasteiger partial charge in [-0.3, -0.25) is 14.2 Å². The van der Waals surface area contributed by atoms with E-state index in [1.807, 2.05) is 37.3 Å². The largest absolute Gasteiger partial charge is 0.332 e. The fraction of sp³-hybridized carbons (Fsp3) is 0.136. The fourth-order valence-electron chi connectivity index (χ4n) is 3.32. The van der Waals surface area contributed by atoms with Gasteiger partial charge in [-0.05, 0) is 30.7 Å². The van der Waals surface area contributed by atoms with Crippen LogP contribution in [0.1, 0.15) is 6.92 Å². The van der Waals surface area contributed by atoms with Crippen molar-refractivity contribution in [1.29, 1.82) is 0 Å². The van der Waals surface area contributed by atoms with Gasteiger partial charge in [0.15, 0.2) is 0 Å². The van der Waals surface area contributed by atoms with Crippen molar-refractivity contribution in [2.45, 2.75) is 20.0 Å². The lowest BCUT2D eigenvalue weighted by atomic mass is 10.1. The molecule has 146 valence electrons. The maximum atomic E-state index is 13.4. The fourth-order valence-corrected chi connectivity index (χ4v) is 3.32. The van der Waals surface area contributed by atoms with E-state index in [2.05, 4.69) is 10.3 Å². The van der Waals surface area contributed by atoms with Crippen LogP contribution in [-0.2, 0) is 17.9 Å². The lowest BCUT2D eigenvalue weighted by Crippen LogP contribution is -2.24. The van der Waals surface area contributed by atoms with Crippen molar-refractivity contribution >= 4 is 22.6 Å². The molecule has 0 saturated heterocycles. The predicted octanol–water partition coefficient (Wildman–Crippen LogP) is 3.66. The highest BCUT2D eigenvalue weighted by Gasteiger charge is 2.17. The summed E-state index contributed by atoms with van der Waals surface area (Å²) in [5.41, 5.74) is 2.74. The third-order valence-corrected chi connectivity index (χ3v) is 4.69. The van der Waals surface area contributed by atoms with Gasteiger partial charge in [0.25, 0.3) is 5.56 Å². The molecule has 4 rings (SSSR count). The zero-order valence-electron chi connectivity index (χ0n) is 15.8. The van der Waals surface area contributed by atoms with Gasteiger partial charge in [0.1, 0.15) is 23.4 Å². The minimum absolute atomic E-state index is 0.0928. The van der Waals surface area contributed by atoms with Crippen LogP contribution in [0.2, 0.25) is 0 Å². The number of hydrogen-bond donors (Lipinski definition) is 1. The Hall–Kier alpha value is -3.74. The van der Waals surface area contributed by atoms with E-state index in [0.29, 0.717) is 23.3 Å². The van der Waals surface area contributed by atoms with Crippen LogP contribution in [0.5, 0.6) is 0 Å². The molecule has 0 aliphatic carbocycles. The van der Waals surface area contributed by atoms with Crippen molar-refractivity contribution in [2.24, 2.45) is 0 Å². The predicted molar refractivity (Wildman–Crippen MR) is 110 cm³/mol. The van der Waals surface area contributed by atoms with Crippen LogP contribution in [0.25, 0.3) is 22.2 Å². The Bertz CT molecular complexity index is 1240. The van der Waals surface area contributed by atoms with E-state index < -0.39 is 5.82 Å². The molecule has 4 aromatic rings. The Morgan fingerprint density at radius 1 is 1.10 bits per heavy atom. The van der Waals surface area contributed by atoms with Gasteiger partial charge in [-0.15, -0.1) is 0 Å². The maximum absolute atomic E-state index is 13.4. The molecule has 2 aromatic heterocycles. The van der Waals surface area contributed by atoms with Crippen molar-refractivity contribution in [3.05, 3.63) is 83.3 Å². The van der Waals surface area contributed by atoms with Gasteiger partial charge in [-0.25, -0.2) is 9.37 Å². The summed E-state index contributed by atoms with van der Waals surface area (Å²) in [6.07, 6.45) is 3.29. The lowest BCUT2D eigenvalue weighted by molar-refractivity contribution is -0.116. The minimum Gasteiger partial charge on any atom is -0.332 e. The molecule has 29 heavy (non-hydrogen) atoms. The average molecular weight is 390 g/mol. The number of nitrogens with one attached hydrogen (secondary N) is 1. The van der Waals surface area contributed by atoms with Gasteiger partial charge < -0.3 is 9.88 Å². The SMILES string of the molecule is CCn1cnc2c(-c3ccccc3)cn(CC(=O)Nc3cccc(F)c3)c2c1=O. The molecule has 0 aliphatic heterocycles. The Labute approximate surface area is 166 Å². The molecule has 7 heteroatoms. The standard InChI is InChI=1S/C22H19FN4O2/c1-2-26-14-24-20-18(15-7-4-3-5-8-15)12-27(21(20)22(26)29)13-19(28)25-17-10-6-9-16(23)11-17/h3-12,14H,2,13H2,1H3,(H,25,28). The normalized spacial score (nSPS) is 11.0. The second-order valence-corrected chi connectivity index (χ2v) is 6.63. The summed E-state index contributed by atoms with van der Waals surface area (Å²) in [6.45, 7) is 2.24. The Morgan fingerprint density at radius 2 is 1.90 bits per heavy atom. The second kappa shape index (κ2) is 7.71. The van der Waals surface area contributed by atoms with E-state index in [1.165, 1.54) is 29.1 Å². The van der Waals surface area contributed by atoms with Crippen LogP contribution in [0.15, 0.2) is 71.9 Å². The maximum Gasteiger partial charge on any atom is 0.277 e. The average Bonchev–Trinajstić information content (AvgIpc) is 3.08. The number of anilines is 1. The number of hydrogen-bond acceptors (Lipinski definition) is 3. The summed E-state index contributed by atoms with van der Waals surface area (Å²) < 4.78 is 16.5. The smallest absolute Gasteiger partial charge is 0.277 e. The van der Waals surface area contributed by atoms with Crippen LogP contribution >= 0.6 is 0 Å². The molecule has 0 aliphatic rings. The molecule has 2 heterocycles. The van der Waals surface area contributed by atoms with Crippen molar-refractivity contribution in [2.75, 3.05) is 5.32 Å². The molecule has 2 aromatic carbocycles. The summed E-state index contributed by atoms with van der Waals surface area (Å²) in [4.78, 5) is 30.0. The van der Waals surface area contributed by atoms with Crippen molar-refractivity contribution in [3.63, 3.8) is 0 Å². The molecule has 0 bridgehead atoms. The molecule has 0 fully saturated rings. The highest BCUT2D eigenvalue weighted by atomic mass is 19.1. The van der Waals surface area contributed by atoms with Crippen molar-refractivity contribution in [3.8, 4) is 11.1 Å². The molecule has 6 nitrogen and oxygen atoms in total. The van der Waals surface area contributed by atoms with Crippen LogP contribution in [0.4, 0.5) is 10.1 Å². The van der Waals surface area contributed by atoms with Gasteiger partial charge >= 0.3 is 0 Å². The molecule has 0 unspecified atom stereocenters. The minimum atomic E-state index is -0.435. The lowest BCUT2D eigenvalue weighted by Gasteiger charge is -2.08. The van der Waals surface area contributed by atoms with Gasteiger partial charge in [0.05, 0.1) is 6.33 Å². The molecular weight excluding hydrogens is 371 g/mol. The molecule has 0 radical (unpaired) electrons. The van der Waals surface area contributed by atoms with Crippen molar-refractivity contribution in [1.82, 2.24) is 14.1 Å². The Morgan fingerprint density at radius 3 is 2.62 bits per heavy atom. The number of fused-ring (bicyclic) bond motifs is 1. The van der Waals surface area contributed by atoms with Crippen LogP contribution in [-0.4, -0.2) is 20.0 Å². The highest BCUT2D eigenvalue weighted by Crippen LogP contribution is 2.27. The molecule has 0 atom stereocenters. The molecule has 1 N–H and O–H groups in total. The first-order valence-corrected chi connectivity index (χ1v) is 9.26. The summed E-state index contributed by atoms with van der Waals surface area (Å²) in [5.74, 6) is -0.797. The number of aromatic nitrogens is 3. The van der Waals surface area contributed by atoms with E-state index in [4.69, 9.17) is 0 Å². The highest BCUT2D eigenvalue weighted by molar-refractivity contribution is 5.95. The number of aryl methyl sites for hydroxylation is 1. The number of carbonyl (C=O) groups is 1. The summed E-state index contributed by atoms with van der Waals surface area (Å²) in [6, 6.07) is 15.3. The van der Waals surface area contributed by atoms with Crippen LogP contribution in [0.3, 0.4) is 0 Å². The topological polar surface area (TPSA) is 68.9 Å². The second-order valence-electron chi connectivity index (χ2n) is 6.63. The van der Waals surface area contributed by atoms with Gasteiger partial charge in [0, 0.05) is 24.0 Å². The van der Waals surface area contributed by atoms with E-state index in [0.717, 1.165) is 11.1 Å². The molecule has 1 amide bonds. The third-order valence-electron chi connectivity index (χ3n) is 4.69. The first kappa shape index (κ1) is 18.6. The van der Waals surface area contributed by atoms with Crippen molar-refractivity contribution < 1.29 is 9.18 Å². The number of nitrogens with zero attached hydrogens (tertiary/aromatic N) is 3. The van der Waals surface area contributed by atoms with E-state index in [1.54, 1.807) is 16.8 Å². The Kier molecular flexibility index (Phi) is 4.95. The summed E-state index contributed by atoms with van der Waals surface area (Å²) in [7, 11) is 0. The van der Waals surface area contributed by atoms with Gasteiger partial charge in [-0.2, -0.15) is 0 Å². The Balaban J connectivity index is 1.77. The number of amides is 1. The van der Waals surface area contributed by atoms with E-state index in [-0.39, 0.29) is 18.0 Å². The number of carbonyl (C=O) groups excluding carboxylic acids is 1. The van der Waals surface area contributed by atoms with E-state index >= 15 is 0 Å². The first-order chi connectivity index (χ1) is 14.1. The quantitative estimate of drug-likeness (QED) is 0.565. The number of halogens is 1. The van der Waals surface area contributed by atoms with E-state index in [9.17, 15) is 14.0 Å². The zero-order valence-corrected chi connectivity index (χ0v) is 15.8. The third kappa shape index (κ3) is 3.67. The molecular formula is C22H19FN4O2. The summed E-state index contributed by atoms with van der Waals surface area (Å²) >= 11 is 0.